The zero-order chi connectivity index (χ0) is 11.3. The molecule has 16 heavy (non-hydrogen) atoms. The van der Waals surface area contributed by atoms with Gasteiger partial charge >= 0.3 is 0 Å². The van der Waals surface area contributed by atoms with Crippen molar-refractivity contribution in [2.75, 3.05) is 0 Å². The fourth-order valence-corrected chi connectivity index (χ4v) is 2.37. The summed E-state index contributed by atoms with van der Waals surface area (Å²) in [4.78, 5) is 4.42. The Bertz CT molecular complexity index is 557. The normalized spacial score (nSPS) is 14.7. The second-order valence-corrected chi connectivity index (χ2v) is 4.62. The van der Waals surface area contributed by atoms with Gasteiger partial charge in [0.15, 0.2) is 0 Å². The highest BCUT2D eigenvalue weighted by Gasteiger charge is 2.23. The van der Waals surface area contributed by atoms with Crippen LogP contribution in [0.25, 0.3) is 11.4 Å². The minimum Gasteiger partial charge on any atom is -0.323 e. The second-order valence-electron chi connectivity index (χ2n) is 4.18. The topological polar surface area (TPSA) is 43.8 Å². The Hall–Kier alpha value is -1.32. The molecule has 3 nitrogen and oxygen atoms in total. The van der Waals surface area contributed by atoms with Crippen LogP contribution in [-0.4, -0.2) is 9.55 Å². The predicted octanol–water partition coefficient (Wildman–Crippen LogP) is 2.58. The first-order valence-electron chi connectivity index (χ1n) is 5.26. The highest BCUT2D eigenvalue weighted by molar-refractivity contribution is 6.30. The van der Waals surface area contributed by atoms with E-state index in [0.29, 0.717) is 0 Å². The Labute approximate surface area is 98.9 Å². The van der Waals surface area contributed by atoms with Crippen LogP contribution in [0, 0.1) is 0 Å². The molecule has 0 fully saturated rings. The van der Waals surface area contributed by atoms with Crippen LogP contribution < -0.4 is 5.73 Å². The number of benzene rings is 1. The summed E-state index contributed by atoms with van der Waals surface area (Å²) in [5, 5.41) is 0.748. The van der Waals surface area contributed by atoms with Crippen molar-refractivity contribution in [3.05, 3.63) is 40.7 Å². The van der Waals surface area contributed by atoms with Crippen molar-refractivity contribution in [2.45, 2.75) is 19.5 Å². The number of hydrogen-bond donors (Lipinski definition) is 1. The molecule has 1 aromatic heterocycles. The Morgan fingerprint density at radius 3 is 3.06 bits per heavy atom. The maximum absolute atomic E-state index is 6.00. The molecule has 1 aliphatic heterocycles. The van der Waals surface area contributed by atoms with E-state index in [-0.39, 0.29) is 6.04 Å². The summed E-state index contributed by atoms with van der Waals surface area (Å²) < 4.78 is 2.16. The van der Waals surface area contributed by atoms with Gasteiger partial charge in [-0.3, -0.25) is 0 Å². The third kappa shape index (κ3) is 1.29. The first-order valence-corrected chi connectivity index (χ1v) is 5.64. The summed E-state index contributed by atoms with van der Waals surface area (Å²) in [6, 6.07) is 5.94. The molecule has 1 unspecified atom stereocenters. The summed E-state index contributed by atoms with van der Waals surface area (Å²) in [7, 11) is 0. The van der Waals surface area contributed by atoms with Gasteiger partial charge in [-0.15, -0.1) is 0 Å². The van der Waals surface area contributed by atoms with Gasteiger partial charge in [-0.05, 0) is 24.6 Å². The molecule has 2 N–H and O–H groups in total. The number of rotatable bonds is 1. The Kier molecular flexibility index (Phi) is 2.06. The van der Waals surface area contributed by atoms with Crippen molar-refractivity contribution in [2.24, 2.45) is 5.73 Å². The zero-order valence-corrected chi connectivity index (χ0v) is 9.70. The second kappa shape index (κ2) is 3.34. The average Bonchev–Trinajstić information content (AvgIpc) is 2.76. The van der Waals surface area contributed by atoms with Crippen molar-refractivity contribution >= 4 is 11.6 Å². The largest absolute Gasteiger partial charge is 0.323 e. The Balaban J connectivity index is 2.19. The van der Waals surface area contributed by atoms with Gasteiger partial charge < -0.3 is 10.3 Å². The van der Waals surface area contributed by atoms with Gasteiger partial charge in [0, 0.05) is 16.6 Å². The van der Waals surface area contributed by atoms with Crippen LogP contribution >= 0.6 is 11.6 Å². The van der Waals surface area contributed by atoms with E-state index in [1.54, 1.807) is 0 Å². The maximum Gasteiger partial charge on any atom is 0.140 e. The first-order chi connectivity index (χ1) is 7.66. The number of imidazole rings is 1. The van der Waals surface area contributed by atoms with Crippen LogP contribution in [0.15, 0.2) is 24.4 Å². The molecular weight excluding hydrogens is 222 g/mol. The summed E-state index contributed by atoms with van der Waals surface area (Å²) >= 11 is 6.00. The molecule has 2 heterocycles. The molecule has 2 aromatic rings. The molecule has 82 valence electrons. The Morgan fingerprint density at radius 1 is 1.50 bits per heavy atom. The molecule has 0 amide bonds. The van der Waals surface area contributed by atoms with E-state index < -0.39 is 0 Å². The molecule has 0 radical (unpaired) electrons. The number of aromatic nitrogens is 2. The third-order valence-electron chi connectivity index (χ3n) is 2.99. The monoisotopic (exact) mass is 233 g/mol. The van der Waals surface area contributed by atoms with E-state index in [0.717, 1.165) is 28.6 Å². The smallest absolute Gasteiger partial charge is 0.140 e. The zero-order valence-electron chi connectivity index (χ0n) is 8.94. The predicted molar refractivity (Wildman–Crippen MR) is 64.4 cm³/mol. The van der Waals surface area contributed by atoms with Crippen molar-refractivity contribution in [3.8, 4) is 11.4 Å². The average molecular weight is 234 g/mol. The van der Waals surface area contributed by atoms with Crippen molar-refractivity contribution in [1.29, 1.82) is 0 Å². The standard InChI is InChI=1S/C12H12ClN3/c1-7(14)11-5-15-12-10-4-9(13)3-2-8(10)6-16(11)12/h2-5,7H,6,14H2,1H3. The highest BCUT2D eigenvalue weighted by atomic mass is 35.5. The van der Waals surface area contributed by atoms with Gasteiger partial charge in [0.05, 0.1) is 18.4 Å². The molecule has 1 aliphatic rings. The quantitative estimate of drug-likeness (QED) is 0.702. The molecule has 0 aliphatic carbocycles. The molecule has 0 bridgehead atoms. The molecule has 1 aromatic carbocycles. The minimum atomic E-state index is 0.00559. The van der Waals surface area contributed by atoms with E-state index in [1.807, 2.05) is 25.3 Å². The fourth-order valence-electron chi connectivity index (χ4n) is 2.20. The minimum absolute atomic E-state index is 0.00559. The van der Waals surface area contributed by atoms with Crippen LogP contribution in [0.1, 0.15) is 24.2 Å². The van der Waals surface area contributed by atoms with Crippen molar-refractivity contribution < 1.29 is 0 Å². The van der Waals surface area contributed by atoms with Crippen LogP contribution in [0.5, 0.6) is 0 Å². The summed E-state index contributed by atoms with van der Waals surface area (Å²) in [6.07, 6.45) is 1.85. The van der Waals surface area contributed by atoms with Gasteiger partial charge in [0.25, 0.3) is 0 Å². The van der Waals surface area contributed by atoms with Crippen molar-refractivity contribution in [3.63, 3.8) is 0 Å². The van der Waals surface area contributed by atoms with Crippen LogP contribution in [-0.2, 0) is 6.54 Å². The SMILES string of the molecule is CC(N)c1cnc2n1Cc1ccc(Cl)cc1-2. The first kappa shape index (κ1) is 9.87. The van der Waals surface area contributed by atoms with Gasteiger partial charge in [-0.25, -0.2) is 4.98 Å². The molecule has 4 heteroatoms. The summed E-state index contributed by atoms with van der Waals surface area (Å²) in [6.45, 7) is 2.82. The molecule has 0 saturated carbocycles. The number of halogens is 1. The van der Waals surface area contributed by atoms with E-state index in [9.17, 15) is 0 Å². The van der Waals surface area contributed by atoms with Gasteiger partial charge in [0.1, 0.15) is 5.82 Å². The van der Waals surface area contributed by atoms with E-state index >= 15 is 0 Å². The maximum atomic E-state index is 6.00. The summed E-state index contributed by atoms with van der Waals surface area (Å²) in [5.74, 6) is 0.977. The lowest BCUT2D eigenvalue weighted by Crippen LogP contribution is -2.11. The van der Waals surface area contributed by atoms with Gasteiger partial charge in [-0.2, -0.15) is 0 Å². The van der Waals surface area contributed by atoms with E-state index in [4.69, 9.17) is 17.3 Å². The van der Waals surface area contributed by atoms with Gasteiger partial charge in [0.2, 0.25) is 0 Å². The molecule has 0 saturated heterocycles. The summed E-state index contributed by atoms with van der Waals surface area (Å²) in [5.41, 5.74) is 9.36. The van der Waals surface area contributed by atoms with Crippen LogP contribution in [0.3, 0.4) is 0 Å². The molecule has 3 rings (SSSR count). The van der Waals surface area contributed by atoms with Crippen molar-refractivity contribution in [1.82, 2.24) is 9.55 Å². The number of nitrogens with zero attached hydrogens (tertiary/aromatic N) is 2. The van der Waals surface area contributed by atoms with Crippen LogP contribution in [0.4, 0.5) is 0 Å². The lowest BCUT2D eigenvalue weighted by atomic mass is 10.1. The number of fused-ring (bicyclic) bond motifs is 3. The molecular formula is C12H12ClN3. The number of hydrogen-bond acceptors (Lipinski definition) is 2. The van der Waals surface area contributed by atoms with E-state index in [1.165, 1.54) is 5.56 Å². The van der Waals surface area contributed by atoms with Gasteiger partial charge in [-0.1, -0.05) is 17.7 Å². The molecule has 0 spiro atoms. The fraction of sp³-hybridized carbons (Fsp3) is 0.250. The number of nitrogens with two attached hydrogens (primary N) is 1. The lowest BCUT2D eigenvalue weighted by molar-refractivity contribution is 0.694. The highest BCUT2D eigenvalue weighted by Crippen LogP contribution is 2.34. The van der Waals surface area contributed by atoms with E-state index in [2.05, 4.69) is 15.6 Å². The van der Waals surface area contributed by atoms with Crippen LogP contribution in [0.2, 0.25) is 5.02 Å². The third-order valence-corrected chi connectivity index (χ3v) is 3.23. The lowest BCUT2D eigenvalue weighted by Gasteiger charge is -2.07. The molecule has 1 atom stereocenters. The Morgan fingerprint density at radius 2 is 2.31 bits per heavy atom.